The molecule has 0 saturated heterocycles. The summed E-state index contributed by atoms with van der Waals surface area (Å²) in [6.45, 7) is 7.58. The van der Waals surface area contributed by atoms with Crippen LogP contribution >= 0.6 is 0 Å². The minimum Gasteiger partial charge on any atom is -0.0845 e. The zero-order valence-corrected chi connectivity index (χ0v) is 19.3. The van der Waals surface area contributed by atoms with E-state index in [2.05, 4.69) is 19.1 Å². The lowest BCUT2D eigenvalue weighted by Gasteiger charge is -2.04. The topological polar surface area (TPSA) is 0 Å². The van der Waals surface area contributed by atoms with Crippen molar-refractivity contribution in [3.63, 3.8) is 0 Å². The molecule has 0 aromatic heterocycles. The molecule has 0 atom stereocenters. The molecule has 0 nitrogen and oxygen atoms in total. The summed E-state index contributed by atoms with van der Waals surface area (Å²) in [5.41, 5.74) is 0. The van der Waals surface area contributed by atoms with Gasteiger partial charge in [0.25, 0.3) is 0 Å². The first-order valence-corrected chi connectivity index (χ1v) is 12.8. The zero-order valence-electron chi connectivity index (χ0n) is 19.3. The Hall–Kier alpha value is -0.780. The van der Waals surface area contributed by atoms with Crippen LogP contribution in [0.3, 0.4) is 0 Å². The summed E-state index contributed by atoms with van der Waals surface area (Å²) in [5.74, 6) is 0. The highest BCUT2D eigenvalue weighted by molar-refractivity contribution is 5.07. The lowest BCUT2D eigenvalue weighted by Crippen LogP contribution is -1.84. The Morgan fingerprint density at radius 1 is 0.429 bits per heavy atom. The largest absolute Gasteiger partial charge is 0.0845 e. The van der Waals surface area contributed by atoms with Gasteiger partial charge in [0.15, 0.2) is 0 Å². The molecule has 0 aromatic carbocycles. The van der Waals surface area contributed by atoms with Crippen LogP contribution < -0.4 is 0 Å². The highest BCUT2D eigenvalue weighted by atomic mass is 14.0. The lowest BCUT2D eigenvalue weighted by atomic mass is 10.0. The normalized spacial score (nSPS) is 11.8. The predicted octanol–water partition coefficient (Wildman–Crippen LogP) is 10.3. The molecule has 0 aliphatic rings. The summed E-state index contributed by atoms with van der Waals surface area (Å²) in [6, 6.07) is 0. The van der Waals surface area contributed by atoms with Gasteiger partial charge in [-0.15, -0.1) is 0 Å². The van der Waals surface area contributed by atoms with Crippen LogP contribution in [0.5, 0.6) is 0 Å². The highest BCUT2D eigenvalue weighted by Crippen LogP contribution is 2.15. The van der Waals surface area contributed by atoms with E-state index in [1.54, 1.807) is 6.08 Å². The zero-order chi connectivity index (χ0) is 20.4. The molecule has 0 rings (SSSR count). The Kier molecular flexibility index (Phi) is 25.5. The number of unbranched alkanes of at least 4 members (excludes halogenated alkanes) is 20. The molecule has 0 aliphatic carbocycles. The van der Waals surface area contributed by atoms with Crippen molar-refractivity contribution in [3.8, 4) is 0 Å². The Labute approximate surface area is 179 Å². The number of allylic oxidation sites excluding steroid dienone is 5. The Balaban J connectivity index is 3.04. The summed E-state index contributed by atoms with van der Waals surface area (Å²) in [6.07, 6.45) is 39.9. The molecule has 0 heterocycles. The van der Waals surface area contributed by atoms with Crippen molar-refractivity contribution >= 4 is 0 Å². The second-order valence-corrected chi connectivity index (χ2v) is 8.51. The first-order valence-electron chi connectivity index (χ1n) is 12.8. The minimum atomic E-state index is 1.20. The lowest BCUT2D eigenvalue weighted by molar-refractivity contribution is 0.522. The van der Waals surface area contributed by atoms with Crippen molar-refractivity contribution in [2.75, 3.05) is 0 Å². The Bertz CT molecular complexity index is 336. The maximum absolute atomic E-state index is 5.28. The summed E-state index contributed by atoms with van der Waals surface area (Å²) in [5, 5.41) is 0. The number of hydrogen-bond acceptors (Lipinski definition) is 0. The van der Waals surface area contributed by atoms with Gasteiger partial charge in [-0.2, -0.15) is 0 Å². The molecule has 0 unspecified atom stereocenters. The Morgan fingerprint density at radius 3 is 1.14 bits per heavy atom. The van der Waals surface area contributed by atoms with Gasteiger partial charge in [0.05, 0.1) is 0 Å². The second kappa shape index (κ2) is 26.2. The third-order valence-corrected chi connectivity index (χ3v) is 5.69. The maximum atomic E-state index is 5.28. The van der Waals surface area contributed by atoms with E-state index in [4.69, 9.17) is 6.58 Å². The van der Waals surface area contributed by atoms with Crippen LogP contribution in [0.1, 0.15) is 142 Å². The van der Waals surface area contributed by atoms with Crippen LogP contribution in [-0.2, 0) is 0 Å². The standard InChI is InChI=1S/C28H51/c1-3-5-7-9-11-13-15-17-19-21-23-25-27-28-26-24-22-20-18-16-14-12-10-8-6-4-2/h1,3,5,7,9,11H,4,6,8,10,12-28H2,2H3. The van der Waals surface area contributed by atoms with Gasteiger partial charge < -0.3 is 0 Å². The molecule has 0 spiro atoms. The van der Waals surface area contributed by atoms with E-state index in [-0.39, 0.29) is 0 Å². The summed E-state index contributed by atoms with van der Waals surface area (Å²) >= 11 is 0. The van der Waals surface area contributed by atoms with Crippen LogP contribution in [-0.4, -0.2) is 0 Å². The summed E-state index contributed by atoms with van der Waals surface area (Å²) < 4.78 is 0. The second-order valence-electron chi connectivity index (χ2n) is 8.51. The van der Waals surface area contributed by atoms with Crippen LogP contribution in [0.4, 0.5) is 0 Å². The third kappa shape index (κ3) is 25.2. The summed E-state index contributed by atoms with van der Waals surface area (Å²) in [4.78, 5) is 0. The van der Waals surface area contributed by atoms with E-state index in [0.717, 1.165) is 0 Å². The molecule has 0 N–H and O–H groups in total. The van der Waals surface area contributed by atoms with E-state index in [1.165, 1.54) is 135 Å². The van der Waals surface area contributed by atoms with Gasteiger partial charge in [-0.1, -0.05) is 166 Å². The van der Waals surface area contributed by atoms with Gasteiger partial charge in [0, 0.05) is 0 Å². The van der Waals surface area contributed by atoms with Gasteiger partial charge in [-0.3, -0.25) is 0 Å². The van der Waals surface area contributed by atoms with Gasteiger partial charge in [-0.05, 0) is 12.8 Å². The van der Waals surface area contributed by atoms with E-state index < -0.39 is 0 Å². The van der Waals surface area contributed by atoms with Crippen LogP contribution in [0.15, 0.2) is 30.4 Å². The van der Waals surface area contributed by atoms with Gasteiger partial charge in [0.1, 0.15) is 0 Å². The quantitative estimate of drug-likeness (QED) is 0.121. The van der Waals surface area contributed by atoms with Gasteiger partial charge in [0.2, 0.25) is 0 Å². The summed E-state index contributed by atoms with van der Waals surface area (Å²) in [7, 11) is 0. The van der Waals surface area contributed by atoms with E-state index in [0.29, 0.717) is 0 Å². The fourth-order valence-corrected chi connectivity index (χ4v) is 3.82. The fraction of sp³-hybridized carbons (Fsp3) is 0.786. The first-order chi connectivity index (χ1) is 13.9. The van der Waals surface area contributed by atoms with Crippen molar-refractivity contribution in [1.29, 1.82) is 0 Å². The van der Waals surface area contributed by atoms with Crippen molar-refractivity contribution < 1.29 is 0 Å². The molecule has 0 amide bonds. The molecule has 0 aromatic rings. The van der Waals surface area contributed by atoms with Crippen molar-refractivity contribution in [2.24, 2.45) is 0 Å². The molecule has 0 bridgehead atoms. The predicted molar refractivity (Wildman–Crippen MR) is 130 cm³/mol. The van der Waals surface area contributed by atoms with Gasteiger partial charge >= 0.3 is 0 Å². The van der Waals surface area contributed by atoms with E-state index >= 15 is 0 Å². The third-order valence-electron chi connectivity index (χ3n) is 5.69. The average Bonchev–Trinajstić information content (AvgIpc) is 2.71. The maximum Gasteiger partial charge on any atom is -0.0348 e. The van der Waals surface area contributed by atoms with Gasteiger partial charge in [-0.25, -0.2) is 0 Å². The van der Waals surface area contributed by atoms with Crippen molar-refractivity contribution in [2.45, 2.75) is 142 Å². The Morgan fingerprint density at radius 2 is 0.786 bits per heavy atom. The minimum absolute atomic E-state index is 1.20. The number of rotatable bonds is 23. The van der Waals surface area contributed by atoms with E-state index in [9.17, 15) is 0 Å². The van der Waals surface area contributed by atoms with E-state index in [1.807, 2.05) is 12.2 Å². The SMILES string of the molecule is [CH]=CC=CC=CCCCCCCCCCCCCCCCCCCCCCC. The highest BCUT2D eigenvalue weighted by Gasteiger charge is 1.95. The van der Waals surface area contributed by atoms with Crippen LogP contribution in [0.25, 0.3) is 0 Å². The average molecular weight is 388 g/mol. The smallest absolute Gasteiger partial charge is 0.0348 e. The molecular formula is C28H51. The molecule has 0 fully saturated rings. The molecule has 0 saturated carbocycles. The molecule has 0 aliphatic heterocycles. The van der Waals surface area contributed by atoms with Crippen LogP contribution in [0, 0.1) is 6.58 Å². The monoisotopic (exact) mass is 387 g/mol. The fourth-order valence-electron chi connectivity index (χ4n) is 3.82. The molecular weight excluding hydrogens is 336 g/mol. The van der Waals surface area contributed by atoms with Crippen molar-refractivity contribution in [1.82, 2.24) is 0 Å². The number of hydrogen-bond donors (Lipinski definition) is 0. The molecule has 28 heavy (non-hydrogen) atoms. The molecule has 1 radical (unpaired) electrons. The molecule has 163 valence electrons. The first kappa shape index (κ1) is 27.2. The molecule has 0 heteroatoms. The van der Waals surface area contributed by atoms with Crippen LogP contribution in [0.2, 0.25) is 0 Å². The van der Waals surface area contributed by atoms with Crippen molar-refractivity contribution in [3.05, 3.63) is 37.0 Å².